The molecule has 1 unspecified atom stereocenters. The first kappa shape index (κ1) is 22.3. The lowest BCUT2D eigenvalue weighted by atomic mass is 9.68. The van der Waals surface area contributed by atoms with Gasteiger partial charge in [0.25, 0.3) is 0 Å². The molecule has 0 amide bonds. The lowest BCUT2D eigenvalue weighted by molar-refractivity contribution is -0.150. The number of hydrogen-bond donors (Lipinski definition) is 2. The standard InChI is InChI=1S/C28H31FN4O2/c1-4-24-26(16-7-8-30-23(12-16)17-9-18(10-17)28(34)35-3)27-21(14-33(24)2)20-13-19(29)11-15-5-6-22(25(15)20)31-32-27/h5-7,11,13-14,17-18,23-24,30,32H,4,8-10,12H2,1-3H3/t17?,18?,23?,24-/m0/s1. The largest absolute Gasteiger partial charge is 0.469 e. The summed E-state index contributed by atoms with van der Waals surface area (Å²) in [7, 11) is 3.57. The van der Waals surface area contributed by atoms with Crippen molar-refractivity contribution in [1.29, 1.82) is 0 Å². The van der Waals surface area contributed by atoms with Gasteiger partial charge in [0.1, 0.15) is 5.82 Å². The van der Waals surface area contributed by atoms with Gasteiger partial charge >= 0.3 is 5.97 Å². The second-order valence-electron chi connectivity index (χ2n) is 10.2. The van der Waals surface area contributed by atoms with E-state index in [4.69, 9.17) is 9.84 Å². The summed E-state index contributed by atoms with van der Waals surface area (Å²) in [4.78, 5) is 14.2. The van der Waals surface area contributed by atoms with Crippen LogP contribution < -0.4 is 10.7 Å². The van der Waals surface area contributed by atoms with Gasteiger partial charge in [0.2, 0.25) is 0 Å². The number of carbonyl (C=O) groups excluding carboxylic acids is 1. The van der Waals surface area contributed by atoms with Gasteiger partial charge in [-0.25, -0.2) is 4.39 Å². The molecule has 2 N–H and O–H groups in total. The summed E-state index contributed by atoms with van der Waals surface area (Å²) in [6.07, 6.45) is 11.9. The first-order valence-electron chi connectivity index (χ1n) is 12.5. The lowest BCUT2D eigenvalue weighted by Gasteiger charge is -2.43. The molecule has 0 radical (unpaired) electrons. The molecular weight excluding hydrogens is 443 g/mol. The van der Waals surface area contributed by atoms with Crippen LogP contribution in [0.25, 0.3) is 11.6 Å². The fourth-order valence-electron chi connectivity index (χ4n) is 6.41. The first-order valence-corrected chi connectivity index (χ1v) is 12.5. The van der Waals surface area contributed by atoms with Crippen molar-refractivity contribution < 1.29 is 13.9 Å². The summed E-state index contributed by atoms with van der Waals surface area (Å²) < 4.78 is 19.6. The monoisotopic (exact) mass is 474 g/mol. The van der Waals surface area contributed by atoms with Gasteiger partial charge in [-0.15, -0.1) is 0 Å². The molecule has 6 nitrogen and oxygen atoms in total. The Balaban J connectivity index is 1.38. The predicted molar refractivity (Wildman–Crippen MR) is 135 cm³/mol. The predicted octanol–water partition coefficient (Wildman–Crippen LogP) is 3.97. The average molecular weight is 475 g/mol. The molecule has 3 aliphatic heterocycles. The molecule has 5 aliphatic rings. The molecule has 3 heterocycles. The minimum atomic E-state index is -0.236. The molecule has 2 atom stereocenters. The minimum Gasteiger partial charge on any atom is -0.469 e. The van der Waals surface area contributed by atoms with Gasteiger partial charge in [-0.1, -0.05) is 19.1 Å². The van der Waals surface area contributed by atoms with Crippen LogP contribution in [0.15, 0.2) is 52.4 Å². The average Bonchev–Trinajstić information content (AvgIpc) is 3.16. The van der Waals surface area contributed by atoms with Crippen molar-refractivity contribution in [2.45, 2.75) is 44.7 Å². The van der Waals surface area contributed by atoms with Crippen LogP contribution in [-0.2, 0) is 9.53 Å². The van der Waals surface area contributed by atoms with Crippen LogP contribution in [0.5, 0.6) is 0 Å². The number of esters is 1. The number of fused-ring (bicyclic) bond motifs is 2. The van der Waals surface area contributed by atoms with E-state index in [0.717, 1.165) is 65.9 Å². The van der Waals surface area contributed by atoms with E-state index >= 15 is 0 Å². The van der Waals surface area contributed by atoms with Crippen LogP contribution in [0.3, 0.4) is 0 Å². The second kappa shape index (κ2) is 8.48. The number of nitrogens with one attached hydrogen (secondary N) is 2. The molecule has 1 aromatic carbocycles. The van der Waals surface area contributed by atoms with Gasteiger partial charge in [0.15, 0.2) is 0 Å². The number of rotatable bonds is 4. The summed E-state index contributed by atoms with van der Waals surface area (Å²) >= 11 is 0. The third-order valence-electron chi connectivity index (χ3n) is 8.26. The van der Waals surface area contributed by atoms with Gasteiger partial charge in [0.05, 0.1) is 30.5 Å². The van der Waals surface area contributed by atoms with E-state index < -0.39 is 0 Å². The Kier molecular flexibility index (Phi) is 5.40. The maximum atomic E-state index is 14.6. The van der Waals surface area contributed by atoms with Crippen LogP contribution in [0.4, 0.5) is 4.39 Å². The van der Waals surface area contributed by atoms with Crippen molar-refractivity contribution in [2.75, 3.05) is 20.7 Å². The van der Waals surface area contributed by atoms with Gasteiger partial charge in [-0.05, 0) is 66.5 Å². The zero-order chi connectivity index (χ0) is 24.3. The van der Waals surface area contributed by atoms with E-state index in [1.165, 1.54) is 18.3 Å². The number of carbonyl (C=O) groups is 1. The molecular formula is C28H31FN4O2. The number of likely N-dealkylation sites (N-methyl/N-ethyl adjacent to an activating group) is 1. The zero-order valence-electron chi connectivity index (χ0n) is 20.4. The number of allylic oxidation sites excluding steroid dienone is 2. The molecule has 1 aromatic rings. The molecule has 0 aromatic heterocycles. The van der Waals surface area contributed by atoms with Crippen molar-refractivity contribution in [3.8, 4) is 0 Å². The Morgan fingerprint density at radius 2 is 2.11 bits per heavy atom. The number of hydrazone groups is 1. The minimum absolute atomic E-state index is 0.0254. The van der Waals surface area contributed by atoms with Crippen LogP contribution in [0, 0.1) is 17.7 Å². The first-order chi connectivity index (χ1) is 17.0. The number of nitrogens with zero attached hydrogens (tertiary/aromatic N) is 2. The van der Waals surface area contributed by atoms with Gasteiger partial charge in [0, 0.05) is 42.5 Å². The smallest absolute Gasteiger partial charge is 0.308 e. The van der Waals surface area contributed by atoms with Crippen LogP contribution in [0.1, 0.15) is 49.3 Å². The number of ether oxygens (including phenoxy) is 1. The Labute approximate surface area is 205 Å². The number of benzene rings is 1. The van der Waals surface area contributed by atoms with E-state index in [1.807, 2.05) is 12.2 Å². The molecule has 1 fully saturated rings. The maximum Gasteiger partial charge on any atom is 0.308 e. The second-order valence-corrected chi connectivity index (χ2v) is 10.2. The summed E-state index contributed by atoms with van der Waals surface area (Å²) in [5.41, 5.74) is 11.5. The molecule has 1 saturated carbocycles. The van der Waals surface area contributed by atoms with Gasteiger partial charge in [-0.3, -0.25) is 10.2 Å². The molecule has 6 rings (SSSR count). The van der Waals surface area contributed by atoms with Crippen LogP contribution >= 0.6 is 0 Å². The molecule has 7 heteroatoms. The molecule has 182 valence electrons. The van der Waals surface area contributed by atoms with E-state index in [2.05, 4.69) is 41.9 Å². The fraction of sp³-hybridized carbons (Fsp3) is 0.429. The normalized spacial score (nSPS) is 28.7. The summed E-state index contributed by atoms with van der Waals surface area (Å²) in [5.74, 6) is 0.159. The van der Waals surface area contributed by atoms with E-state index in [0.29, 0.717) is 12.0 Å². The highest BCUT2D eigenvalue weighted by atomic mass is 19.1. The van der Waals surface area contributed by atoms with Gasteiger partial charge in [-0.2, -0.15) is 5.10 Å². The number of hydrogen-bond acceptors (Lipinski definition) is 6. The Morgan fingerprint density at radius 1 is 1.29 bits per heavy atom. The van der Waals surface area contributed by atoms with Crippen LogP contribution in [-0.4, -0.2) is 49.4 Å². The maximum absolute atomic E-state index is 14.6. The quantitative estimate of drug-likeness (QED) is 0.647. The van der Waals surface area contributed by atoms with Gasteiger partial charge < -0.3 is 15.0 Å². The highest BCUT2D eigenvalue weighted by molar-refractivity contribution is 6.20. The Bertz CT molecular complexity index is 1250. The summed E-state index contributed by atoms with van der Waals surface area (Å²) in [6.45, 7) is 3.00. The SMILES string of the molecule is CC[C@H]1C(C2=CCNC(C3CC(C(=O)OC)C3)C2)=C2NN=C3C=Cc4cc(F)cc(c43)C2=CN1C. The fourth-order valence-corrected chi connectivity index (χ4v) is 6.41. The third-order valence-corrected chi connectivity index (χ3v) is 8.26. The lowest BCUT2D eigenvalue weighted by Crippen LogP contribution is -2.47. The molecule has 0 bridgehead atoms. The topological polar surface area (TPSA) is 66.0 Å². The number of halogens is 1. The summed E-state index contributed by atoms with van der Waals surface area (Å²) in [6, 6.07) is 3.74. The van der Waals surface area contributed by atoms with Crippen molar-refractivity contribution >= 4 is 23.3 Å². The van der Waals surface area contributed by atoms with E-state index in [1.54, 1.807) is 12.1 Å². The summed E-state index contributed by atoms with van der Waals surface area (Å²) in [5, 5.41) is 8.41. The van der Waals surface area contributed by atoms with Crippen molar-refractivity contribution in [1.82, 2.24) is 15.6 Å². The Morgan fingerprint density at radius 3 is 2.89 bits per heavy atom. The van der Waals surface area contributed by atoms with Crippen molar-refractivity contribution in [3.63, 3.8) is 0 Å². The molecule has 35 heavy (non-hydrogen) atoms. The van der Waals surface area contributed by atoms with Crippen molar-refractivity contribution in [3.05, 3.63) is 69.8 Å². The number of methoxy groups -OCH3 is 1. The highest BCUT2D eigenvalue weighted by Crippen LogP contribution is 2.44. The van der Waals surface area contributed by atoms with E-state index in [9.17, 15) is 9.18 Å². The molecule has 2 aliphatic carbocycles. The van der Waals surface area contributed by atoms with Crippen molar-refractivity contribution in [2.24, 2.45) is 16.9 Å². The third kappa shape index (κ3) is 3.56. The Hall–Kier alpha value is -3.19. The molecule has 0 saturated heterocycles. The molecule has 0 spiro atoms. The highest BCUT2D eigenvalue weighted by Gasteiger charge is 2.42. The van der Waals surface area contributed by atoms with E-state index in [-0.39, 0.29) is 23.7 Å². The van der Waals surface area contributed by atoms with Crippen LogP contribution in [0.2, 0.25) is 0 Å². The zero-order valence-corrected chi connectivity index (χ0v) is 20.4.